The zero-order valence-corrected chi connectivity index (χ0v) is 13.7. The van der Waals surface area contributed by atoms with Crippen molar-refractivity contribution in [2.24, 2.45) is 0 Å². The van der Waals surface area contributed by atoms with E-state index in [4.69, 9.17) is 23.2 Å². The zero-order chi connectivity index (χ0) is 16.5. The van der Waals surface area contributed by atoms with Crippen LogP contribution < -0.4 is 0 Å². The number of halogens is 4. The van der Waals surface area contributed by atoms with Gasteiger partial charge in [0.2, 0.25) is 10.0 Å². The van der Waals surface area contributed by atoms with E-state index in [0.29, 0.717) is 16.7 Å². The molecule has 2 aromatic carbocycles. The van der Waals surface area contributed by atoms with Crippen molar-refractivity contribution in [2.75, 3.05) is 7.05 Å². The topological polar surface area (TPSA) is 37.4 Å². The molecule has 0 saturated heterocycles. The monoisotopic (exact) mass is 365 g/mol. The van der Waals surface area contributed by atoms with E-state index < -0.39 is 21.7 Å². The van der Waals surface area contributed by atoms with E-state index in [2.05, 4.69) is 0 Å². The van der Waals surface area contributed by atoms with Crippen LogP contribution in [0.5, 0.6) is 0 Å². The Hall–Kier alpha value is -1.21. The SMILES string of the molecule is CN(Cc1cccc(Cl)c1Cl)S(=O)(=O)c1ccc(F)c(F)c1. The fourth-order valence-electron chi connectivity index (χ4n) is 1.81. The molecule has 0 spiro atoms. The van der Waals surface area contributed by atoms with Crippen LogP contribution in [-0.4, -0.2) is 19.8 Å². The van der Waals surface area contributed by atoms with Gasteiger partial charge in [0.05, 0.1) is 14.9 Å². The highest BCUT2D eigenvalue weighted by Crippen LogP contribution is 2.27. The quantitative estimate of drug-likeness (QED) is 0.817. The molecule has 2 aromatic rings. The van der Waals surface area contributed by atoms with Crippen molar-refractivity contribution < 1.29 is 17.2 Å². The summed E-state index contributed by atoms with van der Waals surface area (Å²) in [5.41, 5.74) is 0.503. The Balaban J connectivity index is 2.33. The Bertz CT molecular complexity index is 812. The number of hydrogen-bond acceptors (Lipinski definition) is 2. The van der Waals surface area contributed by atoms with Crippen molar-refractivity contribution in [3.05, 3.63) is 63.6 Å². The summed E-state index contributed by atoms with van der Waals surface area (Å²) in [7, 11) is -2.67. The summed E-state index contributed by atoms with van der Waals surface area (Å²) in [5.74, 6) is -2.34. The average Bonchev–Trinajstić information content (AvgIpc) is 2.46. The van der Waals surface area contributed by atoms with Gasteiger partial charge in [0, 0.05) is 13.6 Å². The van der Waals surface area contributed by atoms with Crippen LogP contribution in [0.4, 0.5) is 8.78 Å². The Morgan fingerprint density at radius 1 is 1.09 bits per heavy atom. The van der Waals surface area contributed by atoms with Gasteiger partial charge in [0.15, 0.2) is 11.6 Å². The first kappa shape index (κ1) is 17.1. The molecule has 0 heterocycles. The maximum Gasteiger partial charge on any atom is 0.243 e. The molecule has 0 fully saturated rings. The summed E-state index contributed by atoms with van der Waals surface area (Å²) < 4.78 is 51.8. The molecular formula is C14H11Cl2F2NO2S. The van der Waals surface area contributed by atoms with Crippen LogP contribution in [-0.2, 0) is 16.6 Å². The first-order chi connectivity index (χ1) is 10.2. The molecule has 0 aliphatic heterocycles. The van der Waals surface area contributed by atoms with Gasteiger partial charge in [-0.3, -0.25) is 0 Å². The van der Waals surface area contributed by atoms with Crippen LogP contribution in [0.3, 0.4) is 0 Å². The average molecular weight is 366 g/mol. The van der Waals surface area contributed by atoms with Crippen LogP contribution in [0.15, 0.2) is 41.3 Å². The summed E-state index contributed by atoms with van der Waals surface area (Å²) in [5, 5.41) is 0.550. The highest BCUT2D eigenvalue weighted by atomic mass is 35.5. The number of hydrogen-bond donors (Lipinski definition) is 0. The molecule has 0 N–H and O–H groups in total. The highest BCUT2D eigenvalue weighted by Gasteiger charge is 2.23. The van der Waals surface area contributed by atoms with Gasteiger partial charge in [-0.05, 0) is 29.8 Å². The summed E-state index contributed by atoms with van der Waals surface area (Å²) in [6.07, 6.45) is 0. The lowest BCUT2D eigenvalue weighted by molar-refractivity contribution is 0.463. The van der Waals surface area contributed by atoms with E-state index in [1.165, 1.54) is 7.05 Å². The molecule has 0 unspecified atom stereocenters. The second-order valence-corrected chi connectivity index (χ2v) is 7.38. The predicted octanol–water partition coefficient (Wildman–Crippen LogP) is 4.09. The van der Waals surface area contributed by atoms with Crippen molar-refractivity contribution in [1.29, 1.82) is 0 Å². The van der Waals surface area contributed by atoms with Crippen LogP contribution in [0.25, 0.3) is 0 Å². The Labute approximate surface area is 137 Å². The summed E-state index contributed by atoms with van der Waals surface area (Å²) >= 11 is 11.9. The van der Waals surface area contributed by atoms with Gasteiger partial charge in [0.25, 0.3) is 0 Å². The minimum Gasteiger partial charge on any atom is -0.207 e. The van der Waals surface area contributed by atoms with Crippen molar-refractivity contribution in [3.63, 3.8) is 0 Å². The maximum atomic E-state index is 13.2. The molecule has 0 bridgehead atoms. The van der Waals surface area contributed by atoms with Crippen LogP contribution in [0.2, 0.25) is 10.0 Å². The number of nitrogens with zero attached hydrogens (tertiary/aromatic N) is 1. The molecular weight excluding hydrogens is 355 g/mol. The lowest BCUT2D eigenvalue weighted by atomic mass is 10.2. The van der Waals surface area contributed by atoms with Gasteiger partial charge in [-0.15, -0.1) is 0 Å². The molecule has 0 amide bonds. The molecule has 0 aromatic heterocycles. The third-order valence-corrected chi connectivity index (χ3v) is 5.68. The third kappa shape index (κ3) is 3.41. The minimum atomic E-state index is -3.98. The first-order valence-corrected chi connectivity index (χ1v) is 8.27. The van der Waals surface area contributed by atoms with Crippen molar-refractivity contribution in [2.45, 2.75) is 11.4 Å². The zero-order valence-electron chi connectivity index (χ0n) is 11.4. The Morgan fingerprint density at radius 2 is 1.77 bits per heavy atom. The maximum absolute atomic E-state index is 13.2. The molecule has 0 radical (unpaired) electrons. The van der Waals surface area contributed by atoms with Gasteiger partial charge in [-0.2, -0.15) is 4.31 Å². The van der Waals surface area contributed by atoms with Gasteiger partial charge in [0.1, 0.15) is 0 Å². The molecule has 0 aliphatic rings. The summed E-state index contributed by atoms with van der Waals surface area (Å²) in [6, 6.07) is 7.26. The van der Waals surface area contributed by atoms with Gasteiger partial charge < -0.3 is 0 Å². The highest BCUT2D eigenvalue weighted by molar-refractivity contribution is 7.89. The predicted molar refractivity (Wildman–Crippen MR) is 81.5 cm³/mol. The van der Waals surface area contributed by atoms with E-state index >= 15 is 0 Å². The van der Waals surface area contributed by atoms with Crippen molar-refractivity contribution in [3.8, 4) is 0 Å². The third-order valence-electron chi connectivity index (χ3n) is 3.02. The van der Waals surface area contributed by atoms with Crippen LogP contribution in [0, 0.1) is 11.6 Å². The molecule has 118 valence electrons. The fourth-order valence-corrected chi connectivity index (χ4v) is 3.35. The summed E-state index contributed by atoms with van der Waals surface area (Å²) in [4.78, 5) is -0.341. The molecule has 8 heteroatoms. The first-order valence-electron chi connectivity index (χ1n) is 6.08. The number of sulfonamides is 1. The van der Waals surface area contributed by atoms with Gasteiger partial charge >= 0.3 is 0 Å². The van der Waals surface area contributed by atoms with E-state index in [0.717, 1.165) is 16.4 Å². The summed E-state index contributed by atoms with van der Waals surface area (Å²) in [6.45, 7) is -0.0548. The largest absolute Gasteiger partial charge is 0.243 e. The second-order valence-electron chi connectivity index (χ2n) is 4.55. The smallest absolute Gasteiger partial charge is 0.207 e. The van der Waals surface area contributed by atoms with E-state index in [9.17, 15) is 17.2 Å². The molecule has 3 nitrogen and oxygen atoms in total. The Morgan fingerprint density at radius 3 is 2.41 bits per heavy atom. The minimum absolute atomic E-state index is 0.0548. The van der Waals surface area contributed by atoms with Crippen molar-refractivity contribution >= 4 is 33.2 Å². The molecule has 0 aliphatic carbocycles. The van der Waals surface area contributed by atoms with E-state index in [1.54, 1.807) is 18.2 Å². The van der Waals surface area contributed by atoms with Crippen molar-refractivity contribution in [1.82, 2.24) is 4.31 Å². The molecule has 0 saturated carbocycles. The molecule has 2 rings (SSSR count). The van der Waals surface area contributed by atoms with Gasteiger partial charge in [-0.25, -0.2) is 17.2 Å². The van der Waals surface area contributed by atoms with Crippen LogP contribution in [0.1, 0.15) is 5.56 Å². The fraction of sp³-hybridized carbons (Fsp3) is 0.143. The molecule has 0 atom stereocenters. The number of benzene rings is 2. The number of rotatable bonds is 4. The Kier molecular flexibility index (Phi) is 5.07. The standard InChI is InChI=1S/C14H11Cl2F2NO2S/c1-19(8-9-3-2-4-11(15)14(9)16)22(20,21)10-5-6-12(17)13(18)7-10/h2-7H,8H2,1H3. The lowest BCUT2D eigenvalue weighted by Crippen LogP contribution is -2.26. The molecule has 22 heavy (non-hydrogen) atoms. The van der Waals surface area contributed by atoms with Gasteiger partial charge in [-0.1, -0.05) is 35.3 Å². The van der Waals surface area contributed by atoms with E-state index in [-0.39, 0.29) is 16.5 Å². The van der Waals surface area contributed by atoms with E-state index in [1.807, 2.05) is 0 Å². The van der Waals surface area contributed by atoms with Crippen LogP contribution >= 0.6 is 23.2 Å². The normalized spacial score (nSPS) is 11.9. The second kappa shape index (κ2) is 6.50. The lowest BCUT2D eigenvalue weighted by Gasteiger charge is -2.18.